The molecule has 2 aliphatic rings. The van der Waals surface area contributed by atoms with Crippen molar-refractivity contribution >= 4 is 12.2 Å². The van der Waals surface area contributed by atoms with E-state index in [4.69, 9.17) is 4.98 Å². The topological polar surface area (TPSA) is 12.9 Å². The van der Waals surface area contributed by atoms with Crippen LogP contribution < -0.4 is 5.46 Å². The molecule has 0 unspecified atom stereocenters. The first-order valence-electron chi connectivity index (χ1n) is 10.7. The molecule has 2 bridgehead atoms. The van der Waals surface area contributed by atoms with Gasteiger partial charge in [0.1, 0.15) is 11.6 Å². The lowest BCUT2D eigenvalue weighted by molar-refractivity contribution is 0.448. The Balaban J connectivity index is 1.52. The van der Waals surface area contributed by atoms with Crippen LogP contribution in [-0.4, -0.2) is 11.7 Å². The predicted molar refractivity (Wildman–Crippen MR) is 116 cm³/mol. The van der Waals surface area contributed by atoms with Gasteiger partial charge in [-0.3, -0.25) is 4.98 Å². The third kappa shape index (κ3) is 3.61. The molecule has 0 atom stereocenters. The second kappa shape index (κ2) is 7.74. The van der Waals surface area contributed by atoms with E-state index in [1.165, 1.54) is 50.7 Å². The minimum atomic E-state index is -0.243. The van der Waals surface area contributed by atoms with Crippen LogP contribution in [0.4, 0.5) is 8.78 Å². The number of hydrogen-bond donors (Lipinski definition) is 0. The average Bonchev–Trinajstić information content (AvgIpc) is 2.74. The van der Waals surface area contributed by atoms with Gasteiger partial charge in [0.15, 0.2) is 6.71 Å². The van der Waals surface area contributed by atoms with Crippen molar-refractivity contribution in [3.05, 3.63) is 72.4 Å². The molecule has 3 aromatic rings. The summed E-state index contributed by atoms with van der Waals surface area (Å²) in [5, 5.41) is 0. The van der Waals surface area contributed by atoms with Crippen molar-refractivity contribution in [3.63, 3.8) is 0 Å². The molecular formula is C25H24BF2N. The van der Waals surface area contributed by atoms with Crippen molar-refractivity contribution in [2.75, 3.05) is 0 Å². The van der Waals surface area contributed by atoms with Crippen LogP contribution in [0.3, 0.4) is 0 Å². The highest BCUT2D eigenvalue weighted by atomic mass is 19.1. The predicted octanol–water partition coefficient (Wildman–Crippen LogP) is 6.50. The fourth-order valence-electron chi connectivity index (χ4n) is 5.59. The summed E-state index contributed by atoms with van der Waals surface area (Å²) in [7, 11) is 0. The molecule has 0 saturated carbocycles. The second-order valence-electron chi connectivity index (χ2n) is 8.58. The zero-order valence-electron chi connectivity index (χ0n) is 16.5. The lowest BCUT2D eigenvalue weighted by Crippen LogP contribution is -2.45. The summed E-state index contributed by atoms with van der Waals surface area (Å²) in [6.45, 7) is 0.446. The summed E-state index contributed by atoms with van der Waals surface area (Å²) in [6.07, 6.45) is 9.48. The molecule has 5 rings (SSSR count). The lowest BCUT2D eigenvalue weighted by Gasteiger charge is -2.41. The van der Waals surface area contributed by atoms with Gasteiger partial charge in [0, 0.05) is 11.8 Å². The minimum absolute atomic E-state index is 0.157. The highest BCUT2D eigenvalue weighted by Gasteiger charge is 2.41. The van der Waals surface area contributed by atoms with E-state index in [2.05, 4.69) is 0 Å². The number of nitrogens with zero attached hydrogens (tertiary/aromatic N) is 1. The molecule has 0 aliphatic carbocycles. The summed E-state index contributed by atoms with van der Waals surface area (Å²) < 4.78 is 27.5. The summed E-state index contributed by atoms with van der Waals surface area (Å²) in [4.78, 5) is 4.71. The van der Waals surface area contributed by atoms with Crippen molar-refractivity contribution < 1.29 is 8.78 Å². The standard InChI is InChI=1S/C25H24BF2N/c27-21-10-7-17(8-11-21)18-9-14-25(29-16-18)23-13-12-22(28)15-24(23)26-19-3-1-4-20(26)6-2-5-19/h7-16,19-20H,1-6H2. The summed E-state index contributed by atoms with van der Waals surface area (Å²) in [5.41, 5.74) is 4.97. The van der Waals surface area contributed by atoms with E-state index < -0.39 is 0 Å². The number of hydrogen-bond acceptors (Lipinski definition) is 1. The molecule has 1 aromatic heterocycles. The molecule has 29 heavy (non-hydrogen) atoms. The van der Waals surface area contributed by atoms with Crippen LogP contribution in [0.25, 0.3) is 22.4 Å². The van der Waals surface area contributed by atoms with Gasteiger partial charge in [0.2, 0.25) is 0 Å². The Morgan fingerprint density at radius 2 is 1.34 bits per heavy atom. The third-order valence-electron chi connectivity index (χ3n) is 6.91. The Labute approximate surface area is 171 Å². The van der Waals surface area contributed by atoms with Crippen molar-refractivity contribution in [1.82, 2.24) is 4.98 Å². The van der Waals surface area contributed by atoms with Gasteiger partial charge in [0.25, 0.3) is 0 Å². The first-order valence-corrected chi connectivity index (χ1v) is 10.7. The van der Waals surface area contributed by atoms with Gasteiger partial charge in [-0.25, -0.2) is 8.78 Å². The van der Waals surface area contributed by atoms with Gasteiger partial charge in [0.05, 0.1) is 5.69 Å². The molecule has 0 spiro atoms. The molecule has 0 amide bonds. The zero-order valence-corrected chi connectivity index (χ0v) is 16.5. The highest BCUT2D eigenvalue weighted by Crippen LogP contribution is 2.46. The Hall–Kier alpha value is -2.49. The van der Waals surface area contributed by atoms with Gasteiger partial charge in [-0.2, -0.15) is 0 Å². The molecule has 2 aliphatic heterocycles. The van der Waals surface area contributed by atoms with E-state index >= 15 is 0 Å². The van der Waals surface area contributed by atoms with Crippen LogP contribution in [0.1, 0.15) is 38.5 Å². The number of pyridine rings is 1. The monoisotopic (exact) mass is 387 g/mol. The molecule has 3 heterocycles. The Kier molecular flexibility index (Phi) is 4.95. The molecular weight excluding hydrogens is 363 g/mol. The maximum absolute atomic E-state index is 14.3. The van der Waals surface area contributed by atoms with Crippen LogP contribution in [0.15, 0.2) is 60.8 Å². The molecule has 0 N–H and O–H groups in total. The van der Waals surface area contributed by atoms with E-state index in [9.17, 15) is 8.78 Å². The second-order valence-corrected chi connectivity index (χ2v) is 8.58. The zero-order chi connectivity index (χ0) is 19.8. The van der Waals surface area contributed by atoms with Crippen LogP contribution >= 0.6 is 0 Å². The normalized spacial score (nSPS) is 21.2. The van der Waals surface area contributed by atoms with E-state index in [0.717, 1.165) is 27.8 Å². The Morgan fingerprint density at radius 3 is 1.97 bits per heavy atom. The quantitative estimate of drug-likeness (QED) is 0.467. The molecule has 0 radical (unpaired) electrons. The summed E-state index contributed by atoms with van der Waals surface area (Å²) >= 11 is 0. The maximum atomic E-state index is 14.3. The van der Waals surface area contributed by atoms with E-state index in [1.807, 2.05) is 24.4 Å². The summed E-state index contributed by atoms with van der Waals surface area (Å²) in [5.74, 6) is 0.936. The van der Waals surface area contributed by atoms with Crippen LogP contribution in [-0.2, 0) is 0 Å². The highest BCUT2D eigenvalue weighted by molar-refractivity contribution is 6.77. The Bertz CT molecular complexity index is 978. The van der Waals surface area contributed by atoms with Crippen molar-refractivity contribution in [1.29, 1.82) is 0 Å². The van der Waals surface area contributed by atoms with Crippen molar-refractivity contribution in [2.45, 2.75) is 50.2 Å². The fourth-order valence-corrected chi connectivity index (χ4v) is 5.59. The molecule has 146 valence electrons. The minimum Gasteiger partial charge on any atom is -0.256 e. The van der Waals surface area contributed by atoms with E-state index in [-0.39, 0.29) is 11.6 Å². The summed E-state index contributed by atoms with van der Waals surface area (Å²) in [6, 6.07) is 15.7. The number of halogens is 2. The van der Waals surface area contributed by atoms with Gasteiger partial charge in [-0.05, 0) is 41.5 Å². The Morgan fingerprint density at radius 1 is 0.724 bits per heavy atom. The largest absolute Gasteiger partial charge is 0.256 e. The lowest BCUT2D eigenvalue weighted by atomic mass is 9.24. The van der Waals surface area contributed by atoms with Gasteiger partial charge in [-0.1, -0.05) is 79.9 Å². The van der Waals surface area contributed by atoms with Crippen LogP contribution in [0, 0.1) is 11.6 Å². The van der Waals surface area contributed by atoms with E-state index in [0.29, 0.717) is 18.3 Å². The number of fused-ring (bicyclic) bond motifs is 2. The fraction of sp³-hybridized carbons (Fsp3) is 0.320. The number of aromatic nitrogens is 1. The van der Waals surface area contributed by atoms with Crippen LogP contribution in [0.2, 0.25) is 11.6 Å². The number of benzene rings is 2. The first-order chi connectivity index (χ1) is 14.2. The van der Waals surface area contributed by atoms with Crippen molar-refractivity contribution in [3.8, 4) is 22.4 Å². The van der Waals surface area contributed by atoms with Gasteiger partial charge >= 0.3 is 0 Å². The van der Waals surface area contributed by atoms with E-state index in [1.54, 1.807) is 24.3 Å². The van der Waals surface area contributed by atoms with Crippen molar-refractivity contribution in [2.24, 2.45) is 0 Å². The molecule has 2 fully saturated rings. The molecule has 4 heteroatoms. The third-order valence-corrected chi connectivity index (χ3v) is 6.91. The van der Waals surface area contributed by atoms with Gasteiger partial charge in [-0.15, -0.1) is 0 Å². The maximum Gasteiger partial charge on any atom is 0.183 e. The number of rotatable bonds is 3. The first kappa shape index (κ1) is 18.5. The molecule has 2 saturated heterocycles. The average molecular weight is 387 g/mol. The molecule has 2 aromatic carbocycles. The van der Waals surface area contributed by atoms with Gasteiger partial charge < -0.3 is 0 Å². The molecule has 1 nitrogen and oxygen atoms in total. The van der Waals surface area contributed by atoms with Crippen LogP contribution in [0.5, 0.6) is 0 Å². The SMILES string of the molecule is Fc1ccc(-c2ccc(-c3ccc(F)cc3B3C4CCCC3CCC4)nc2)cc1. The smallest absolute Gasteiger partial charge is 0.183 e.